The Bertz CT molecular complexity index is 582. The van der Waals surface area contributed by atoms with E-state index in [2.05, 4.69) is 0 Å². The Balaban J connectivity index is 1.64. The zero-order chi connectivity index (χ0) is 15.5. The van der Waals surface area contributed by atoms with Gasteiger partial charge in [0.1, 0.15) is 6.04 Å². The zero-order valence-electron chi connectivity index (χ0n) is 12.9. The molecule has 4 nitrogen and oxygen atoms in total. The summed E-state index contributed by atoms with van der Waals surface area (Å²) in [6.07, 6.45) is 6.31. The molecule has 116 valence electrons. The van der Waals surface area contributed by atoms with Crippen molar-refractivity contribution in [1.29, 1.82) is 0 Å². The first-order chi connectivity index (χ1) is 10.7. The monoisotopic (exact) mass is 298 g/mol. The van der Waals surface area contributed by atoms with Crippen molar-refractivity contribution in [2.45, 2.75) is 38.3 Å². The number of rotatable bonds is 4. The molecule has 0 radical (unpaired) electrons. The second-order valence-corrected chi connectivity index (χ2v) is 5.96. The predicted octanol–water partition coefficient (Wildman–Crippen LogP) is 2.31. The zero-order valence-corrected chi connectivity index (χ0v) is 12.9. The van der Waals surface area contributed by atoms with Crippen LogP contribution in [0.2, 0.25) is 0 Å². The highest BCUT2D eigenvalue weighted by Gasteiger charge is 2.46. The van der Waals surface area contributed by atoms with Crippen LogP contribution in [0.1, 0.15) is 31.7 Å². The van der Waals surface area contributed by atoms with E-state index in [1.165, 1.54) is 0 Å². The maximum absolute atomic E-state index is 12.6. The minimum Gasteiger partial charge on any atom is -0.335 e. The number of piperazine rings is 1. The Kier molecular flexibility index (Phi) is 4.27. The molecule has 2 saturated heterocycles. The summed E-state index contributed by atoms with van der Waals surface area (Å²) in [4.78, 5) is 28.3. The molecule has 4 heteroatoms. The maximum Gasteiger partial charge on any atom is 0.245 e. The smallest absolute Gasteiger partial charge is 0.245 e. The fourth-order valence-electron chi connectivity index (χ4n) is 3.46. The van der Waals surface area contributed by atoms with Crippen LogP contribution in [0.5, 0.6) is 0 Å². The minimum absolute atomic E-state index is 0.105. The molecule has 2 bridgehead atoms. The molecule has 22 heavy (non-hydrogen) atoms. The van der Waals surface area contributed by atoms with Crippen LogP contribution in [0.25, 0.3) is 6.08 Å². The van der Waals surface area contributed by atoms with Gasteiger partial charge in [-0.15, -0.1) is 0 Å². The van der Waals surface area contributed by atoms with Crippen LogP contribution in [0.15, 0.2) is 36.4 Å². The molecule has 2 heterocycles. The van der Waals surface area contributed by atoms with Gasteiger partial charge in [0.15, 0.2) is 0 Å². The minimum atomic E-state index is -0.226. The van der Waals surface area contributed by atoms with Crippen molar-refractivity contribution in [3.63, 3.8) is 0 Å². The van der Waals surface area contributed by atoms with E-state index >= 15 is 0 Å². The van der Waals surface area contributed by atoms with E-state index in [0.29, 0.717) is 19.5 Å². The van der Waals surface area contributed by atoms with Gasteiger partial charge in [-0.1, -0.05) is 49.4 Å². The maximum atomic E-state index is 12.6. The molecule has 0 saturated carbocycles. The van der Waals surface area contributed by atoms with Crippen molar-refractivity contribution < 1.29 is 9.59 Å². The third-order valence-corrected chi connectivity index (χ3v) is 4.56. The van der Waals surface area contributed by atoms with Crippen LogP contribution in [-0.2, 0) is 9.59 Å². The number of hydrogen-bond donors (Lipinski definition) is 0. The third-order valence-electron chi connectivity index (χ3n) is 4.56. The first kappa shape index (κ1) is 14.8. The van der Waals surface area contributed by atoms with Crippen LogP contribution in [0, 0.1) is 0 Å². The molecule has 0 N–H and O–H groups in total. The van der Waals surface area contributed by atoms with E-state index in [-0.39, 0.29) is 23.9 Å². The number of likely N-dealkylation sites (tertiary alicyclic amines) is 1. The lowest BCUT2D eigenvalue weighted by Crippen LogP contribution is -2.58. The number of carbonyl (C=O) groups excluding carboxylic acids is 2. The van der Waals surface area contributed by atoms with Crippen molar-refractivity contribution in [2.75, 3.05) is 13.1 Å². The summed E-state index contributed by atoms with van der Waals surface area (Å²) >= 11 is 0. The van der Waals surface area contributed by atoms with Crippen molar-refractivity contribution >= 4 is 17.9 Å². The molecule has 0 aliphatic carbocycles. The summed E-state index contributed by atoms with van der Waals surface area (Å²) in [6.45, 7) is 3.15. The number of hydrogen-bond acceptors (Lipinski definition) is 2. The normalized spacial score (nSPS) is 24.3. The van der Waals surface area contributed by atoms with Gasteiger partial charge in [-0.25, -0.2) is 0 Å². The Morgan fingerprint density at radius 1 is 1.27 bits per heavy atom. The van der Waals surface area contributed by atoms with Gasteiger partial charge in [-0.3, -0.25) is 9.59 Å². The molecule has 2 unspecified atom stereocenters. The van der Waals surface area contributed by atoms with E-state index in [4.69, 9.17) is 0 Å². The SMILES string of the molecule is CCC(=O)N1C2CCC1C(=O)N(C/C=C/c1ccccc1)C2. The van der Waals surface area contributed by atoms with Crippen molar-refractivity contribution in [3.8, 4) is 0 Å². The standard InChI is InChI=1S/C18H22N2O2/c1-2-17(21)20-15-10-11-16(20)18(22)19(13-15)12-6-9-14-7-4-3-5-8-14/h3-9,15-16H,2,10-13H2,1H3/b9-6+. The van der Waals surface area contributed by atoms with Crippen LogP contribution >= 0.6 is 0 Å². The number of nitrogens with zero attached hydrogens (tertiary/aromatic N) is 2. The molecule has 2 amide bonds. The van der Waals surface area contributed by atoms with Crippen LogP contribution in [0.4, 0.5) is 0 Å². The predicted molar refractivity (Wildman–Crippen MR) is 86.0 cm³/mol. The van der Waals surface area contributed by atoms with Gasteiger partial charge in [-0.05, 0) is 18.4 Å². The highest BCUT2D eigenvalue weighted by Crippen LogP contribution is 2.31. The topological polar surface area (TPSA) is 40.6 Å². The summed E-state index contributed by atoms with van der Waals surface area (Å²) < 4.78 is 0. The molecule has 2 aliphatic heterocycles. The van der Waals surface area contributed by atoms with Gasteiger partial charge in [0.25, 0.3) is 0 Å². The average molecular weight is 298 g/mol. The van der Waals surface area contributed by atoms with Crippen LogP contribution in [-0.4, -0.2) is 46.8 Å². The number of benzene rings is 1. The molecule has 3 rings (SSSR count). The summed E-state index contributed by atoms with van der Waals surface area (Å²) in [7, 11) is 0. The lowest BCUT2D eigenvalue weighted by Gasteiger charge is -2.40. The quantitative estimate of drug-likeness (QED) is 0.856. The lowest BCUT2D eigenvalue weighted by molar-refractivity contribution is -0.150. The summed E-state index contributed by atoms with van der Waals surface area (Å²) in [5.74, 6) is 0.216. The van der Waals surface area contributed by atoms with Crippen LogP contribution < -0.4 is 0 Å². The van der Waals surface area contributed by atoms with E-state index < -0.39 is 0 Å². The van der Waals surface area contributed by atoms with Crippen molar-refractivity contribution in [2.24, 2.45) is 0 Å². The number of fused-ring (bicyclic) bond motifs is 2. The lowest BCUT2D eigenvalue weighted by atomic mass is 10.1. The molecule has 0 aromatic heterocycles. The highest BCUT2D eigenvalue weighted by atomic mass is 16.2. The van der Waals surface area contributed by atoms with Crippen molar-refractivity contribution in [1.82, 2.24) is 9.80 Å². The third kappa shape index (κ3) is 2.78. The Hall–Kier alpha value is -2.10. The van der Waals surface area contributed by atoms with E-state index in [1.807, 2.05) is 59.2 Å². The Labute approximate surface area is 131 Å². The number of amides is 2. The fraction of sp³-hybridized carbons (Fsp3) is 0.444. The molecule has 1 aromatic carbocycles. The van der Waals surface area contributed by atoms with Gasteiger partial charge in [0, 0.05) is 19.5 Å². The van der Waals surface area contributed by atoms with E-state index in [9.17, 15) is 9.59 Å². The van der Waals surface area contributed by atoms with E-state index in [1.54, 1.807) is 0 Å². The molecule has 1 aromatic rings. The van der Waals surface area contributed by atoms with Gasteiger partial charge < -0.3 is 9.80 Å². The van der Waals surface area contributed by atoms with Crippen LogP contribution in [0.3, 0.4) is 0 Å². The van der Waals surface area contributed by atoms with Gasteiger partial charge in [-0.2, -0.15) is 0 Å². The molecule has 2 atom stereocenters. The highest BCUT2D eigenvalue weighted by molar-refractivity contribution is 5.90. The molecular formula is C18H22N2O2. The second-order valence-electron chi connectivity index (χ2n) is 5.96. The van der Waals surface area contributed by atoms with Gasteiger partial charge >= 0.3 is 0 Å². The first-order valence-electron chi connectivity index (χ1n) is 8.02. The summed E-state index contributed by atoms with van der Waals surface area (Å²) in [5.41, 5.74) is 1.14. The molecule has 2 aliphatic rings. The van der Waals surface area contributed by atoms with Crippen molar-refractivity contribution in [3.05, 3.63) is 42.0 Å². The molecular weight excluding hydrogens is 276 g/mol. The molecule has 2 fully saturated rings. The Morgan fingerprint density at radius 2 is 2.05 bits per heavy atom. The number of carbonyl (C=O) groups is 2. The molecule has 0 spiro atoms. The fourth-order valence-corrected chi connectivity index (χ4v) is 3.46. The van der Waals surface area contributed by atoms with E-state index in [0.717, 1.165) is 18.4 Å². The summed E-state index contributed by atoms with van der Waals surface area (Å²) in [6, 6.07) is 10.1. The Morgan fingerprint density at radius 3 is 2.77 bits per heavy atom. The summed E-state index contributed by atoms with van der Waals surface area (Å²) in [5, 5.41) is 0. The first-order valence-corrected chi connectivity index (χ1v) is 8.02. The second kappa shape index (κ2) is 6.34. The van der Waals surface area contributed by atoms with Gasteiger partial charge in [0.2, 0.25) is 11.8 Å². The van der Waals surface area contributed by atoms with Gasteiger partial charge in [0.05, 0.1) is 6.04 Å². The largest absolute Gasteiger partial charge is 0.335 e. The average Bonchev–Trinajstić information content (AvgIpc) is 2.90.